The molecule has 1 amide bonds. The van der Waals surface area contributed by atoms with Crippen LogP contribution in [0.4, 0.5) is 5.82 Å². The van der Waals surface area contributed by atoms with Crippen LogP contribution in [0.25, 0.3) is 22.3 Å². The summed E-state index contributed by atoms with van der Waals surface area (Å²) in [6, 6.07) is 11.2. The van der Waals surface area contributed by atoms with Crippen LogP contribution in [0, 0.1) is 13.8 Å². The minimum atomic E-state index is -0.236. The van der Waals surface area contributed by atoms with Gasteiger partial charge >= 0.3 is 0 Å². The number of carbonyl (C=O) groups is 1. The van der Waals surface area contributed by atoms with Gasteiger partial charge in [0.1, 0.15) is 11.6 Å². The van der Waals surface area contributed by atoms with E-state index in [2.05, 4.69) is 15.5 Å². The smallest absolute Gasteiger partial charge is 0.257 e. The molecular formula is C21H22N6O2. The lowest BCUT2D eigenvalue weighted by Crippen LogP contribution is -2.15. The monoisotopic (exact) mass is 390 g/mol. The van der Waals surface area contributed by atoms with E-state index >= 15 is 0 Å². The maximum absolute atomic E-state index is 13.2. The van der Waals surface area contributed by atoms with Crippen LogP contribution in [0.3, 0.4) is 0 Å². The summed E-state index contributed by atoms with van der Waals surface area (Å²) in [5, 5.41) is 12.4. The molecule has 0 saturated heterocycles. The van der Waals surface area contributed by atoms with Gasteiger partial charge in [-0.05, 0) is 32.0 Å². The summed E-state index contributed by atoms with van der Waals surface area (Å²) in [5.41, 5.74) is 4.27. The van der Waals surface area contributed by atoms with E-state index < -0.39 is 0 Å². The van der Waals surface area contributed by atoms with Gasteiger partial charge in [-0.3, -0.25) is 14.2 Å². The summed E-state index contributed by atoms with van der Waals surface area (Å²) in [5.74, 6) is 1.12. The van der Waals surface area contributed by atoms with E-state index in [0.29, 0.717) is 22.7 Å². The summed E-state index contributed by atoms with van der Waals surface area (Å²) in [6.07, 6.45) is 0. The van der Waals surface area contributed by atoms with Crippen molar-refractivity contribution in [1.29, 1.82) is 0 Å². The van der Waals surface area contributed by atoms with Crippen molar-refractivity contribution in [1.82, 2.24) is 24.5 Å². The van der Waals surface area contributed by atoms with Gasteiger partial charge in [0.15, 0.2) is 5.65 Å². The Morgan fingerprint density at radius 2 is 1.86 bits per heavy atom. The van der Waals surface area contributed by atoms with E-state index in [4.69, 9.17) is 9.72 Å². The summed E-state index contributed by atoms with van der Waals surface area (Å²) in [6.45, 7) is 3.76. The fourth-order valence-corrected chi connectivity index (χ4v) is 3.47. The maximum atomic E-state index is 13.2. The van der Waals surface area contributed by atoms with Gasteiger partial charge < -0.3 is 10.1 Å². The van der Waals surface area contributed by atoms with E-state index in [9.17, 15) is 4.79 Å². The van der Waals surface area contributed by atoms with E-state index in [0.717, 1.165) is 28.1 Å². The molecule has 0 atom stereocenters. The number of hydrogen-bond donors (Lipinski definition) is 1. The zero-order valence-corrected chi connectivity index (χ0v) is 17.0. The van der Waals surface area contributed by atoms with Crippen LogP contribution in [-0.2, 0) is 14.1 Å². The number of carbonyl (C=O) groups excluding carboxylic acids is 1. The lowest BCUT2D eigenvalue weighted by molar-refractivity contribution is 0.102. The molecular weight excluding hydrogens is 368 g/mol. The number of aromatic nitrogens is 5. The average molecular weight is 390 g/mol. The second kappa shape index (κ2) is 7.05. The number of anilines is 1. The van der Waals surface area contributed by atoms with Gasteiger partial charge in [-0.15, -0.1) is 0 Å². The van der Waals surface area contributed by atoms with Gasteiger partial charge in [0, 0.05) is 25.7 Å². The third kappa shape index (κ3) is 3.33. The van der Waals surface area contributed by atoms with Crippen molar-refractivity contribution in [2.75, 3.05) is 12.4 Å². The number of rotatable bonds is 4. The highest BCUT2D eigenvalue weighted by molar-refractivity contribution is 6.13. The van der Waals surface area contributed by atoms with E-state index in [1.165, 1.54) is 0 Å². The Balaban J connectivity index is 1.87. The third-order valence-corrected chi connectivity index (χ3v) is 4.82. The van der Waals surface area contributed by atoms with E-state index in [1.807, 2.05) is 51.2 Å². The first-order valence-electron chi connectivity index (χ1n) is 9.18. The number of benzene rings is 1. The highest BCUT2D eigenvalue weighted by Gasteiger charge is 2.20. The van der Waals surface area contributed by atoms with E-state index in [-0.39, 0.29) is 5.91 Å². The fraction of sp³-hybridized carbons (Fsp3) is 0.238. The molecule has 0 radical (unpaired) electrons. The van der Waals surface area contributed by atoms with Crippen LogP contribution in [0.15, 0.2) is 36.4 Å². The summed E-state index contributed by atoms with van der Waals surface area (Å²) in [4.78, 5) is 18.0. The van der Waals surface area contributed by atoms with Gasteiger partial charge in [-0.1, -0.05) is 12.1 Å². The van der Waals surface area contributed by atoms with Crippen LogP contribution in [-0.4, -0.2) is 37.6 Å². The molecule has 3 heterocycles. The zero-order chi connectivity index (χ0) is 20.7. The topological polar surface area (TPSA) is 86.9 Å². The van der Waals surface area contributed by atoms with E-state index in [1.54, 1.807) is 29.6 Å². The Morgan fingerprint density at radius 1 is 1.07 bits per heavy atom. The van der Waals surface area contributed by atoms with Crippen LogP contribution in [0.1, 0.15) is 21.7 Å². The first-order valence-corrected chi connectivity index (χ1v) is 9.18. The molecule has 8 nitrogen and oxygen atoms in total. The predicted octanol–water partition coefficient (Wildman–Crippen LogP) is 3.25. The van der Waals surface area contributed by atoms with Crippen LogP contribution < -0.4 is 10.1 Å². The lowest BCUT2D eigenvalue weighted by Gasteiger charge is -2.10. The number of aryl methyl sites for hydroxylation is 4. The second-order valence-corrected chi connectivity index (χ2v) is 6.94. The van der Waals surface area contributed by atoms with Crippen LogP contribution in [0.5, 0.6) is 5.75 Å². The molecule has 0 spiro atoms. The molecule has 3 aromatic heterocycles. The zero-order valence-electron chi connectivity index (χ0n) is 17.0. The van der Waals surface area contributed by atoms with Gasteiger partial charge in [0.05, 0.1) is 35.1 Å². The third-order valence-electron chi connectivity index (χ3n) is 4.82. The molecule has 0 bridgehead atoms. The maximum Gasteiger partial charge on any atom is 0.257 e. The quantitative estimate of drug-likeness (QED) is 0.578. The number of nitrogens with one attached hydrogen (secondary N) is 1. The first-order chi connectivity index (χ1) is 13.9. The second-order valence-electron chi connectivity index (χ2n) is 6.94. The Labute approximate surface area is 168 Å². The molecule has 0 saturated carbocycles. The number of hydrogen-bond acceptors (Lipinski definition) is 5. The molecule has 4 aromatic rings. The molecule has 4 rings (SSSR count). The Kier molecular flexibility index (Phi) is 4.54. The number of methoxy groups -OCH3 is 1. The highest BCUT2D eigenvalue weighted by Crippen LogP contribution is 2.29. The number of ether oxygens (including phenoxy) is 1. The molecule has 0 fully saturated rings. The predicted molar refractivity (Wildman–Crippen MR) is 111 cm³/mol. The Morgan fingerprint density at radius 3 is 2.55 bits per heavy atom. The van der Waals surface area contributed by atoms with Crippen molar-refractivity contribution in [2.24, 2.45) is 14.1 Å². The van der Waals surface area contributed by atoms with Crippen molar-refractivity contribution in [3.05, 3.63) is 53.3 Å². The molecule has 0 aliphatic rings. The summed E-state index contributed by atoms with van der Waals surface area (Å²) < 4.78 is 8.67. The minimum absolute atomic E-state index is 0.236. The molecule has 1 N–H and O–H groups in total. The van der Waals surface area contributed by atoms with Crippen LogP contribution in [0.2, 0.25) is 0 Å². The number of nitrogens with zero attached hydrogens (tertiary/aromatic N) is 5. The molecule has 0 aliphatic heterocycles. The van der Waals surface area contributed by atoms with Crippen molar-refractivity contribution in [3.8, 4) is 17.0 Å². The normalized spacial score (nSPS) is 11.1. The molecule has 29 heavy (non-hydrogen) atoms. The number of amides is 1. The first kappa shape index (κ1) is 18.7. The van der Waals surface area contributed by atoms with Crippen molar-refractivity contribution >= 4 is 22.8 Å². The average Bonchev–Trinajstić information content (AvgIpc) is 3.18. The van der Waals surface area contributed by atoms with Crippen molar-refractivity contribution in [2.45, 2.75) is 13.8 Å². The van der Waals surface area contributed by atoms with Crippen molar-refractivity contribution in [3.63, 3.8) is 0 Å². The largest absolute Gasteiger partial charge is 0.497 e. The Bertz CT molecular complexity index is 1240. The van der Waals surface area contributed by atoms with Gasteiger partial charge in [-0.25, -0.2) is 4.98 Å². The molecule has 148 valence electrons. The minimum Gasteiger partial charge on any atom is -0.497 e. The lowest BCUT2D eigenvalue weighted by atomic mass is 10.0. The SMILES string of the molecule is COc1cccc(-c2cc(C(=O)Nc3cc(C)nn3C)c3c(C)nn(C)c3n2)c1. The Hall–Kier alpha value is -3.68. The molecule has 1 aromatic carbocycles. The van der Waals surface area contributed by atoms with Gasteiger partial charge in [0.2, 0.25) is 0 Å². The van der Waals surface area contributed by atoms with Crippen LogP contribution >= 0.6 is 0 Å². The molecule has 0 aliphatic carbocycles. The fourth-order valence-electron chi connectivity index (χ4n) is 3.47. The van der Waals surface area contributed by atoms with Gasteiger partial charge in [-0.2, -0.15) is 10.2 Å². The number of pyridine rings is 1. The number of fused-ring (bicyclic) bond motifs is 1. The summed E-state index contributed by atoms with van der Waals surface area (Å²) >= 11 is 0. The summed E-state index contributed by atoms with van der Waals surface area (Å²) in [7, 11) is 5.24. The molecule has 0 unspecified atom stereocenters. The van der Waals surface area contributed by atoms with Crippen molar-refractivity contribution < 1.29 is 9.53 Å². The highest BCUT2D eigenvalue weighted by atomic mass is 16.5. The van der Waals surface area contributed by atoms with Gasteiger partial charge in [0.25, 0.3) is 5.91 Å². The molecule has 8 heteroatoms. The standard InChI is InChI=1S/C21H22N6O2/c1-12-9-18(26(3)24-12)23-21(28)16-11-17(14-7-6-8-15(10-14)29-5)22-20-19(16)13(2)25-27(20)4/h6-11H,1-5H3,(H,23,28).